The average Bonchev–Trinajstić information content (AvgIpc) is 2.42. The second-order valence-corrected chi connectivity index (χ2v) is 4.60. The molecule has 0 unspecified atom stereocenters. The largest absolute Gasteiger partial charge is 0.396 e. The molecule has 2 aromatic rings. The van der Waals surface area contributed by atoms with Gasteiger partial charge in [0.05, 0.1) is 11.3 Å². The van der Waals surface area contributed by atoms with E-state index in [4.69, 9.17) is 5.73 Å². The van der Waals surface area contributed by atoms with E-state index in [-0.39, 0.29) is 11.3 Å². The SMILES string of the molecule is CN(C)c1cccc(NC(=O)c2cccc(F)c2N)c1. The summed E-state index contributed by atoms with van der Waals surface area (Å²) in [6.07, 6.45) is 0. The zero-order valence-electron chi connectivity index (χ0n) is 11.4. The number of hydrogen-bond acceptors (Lipinski definition) is 3. The maximum Gasteiger partial charge on any atom is 0.257 e. The molecule has 0 saturated heterocycles. The van der Waals surface area contributed by atoms with Crippen molar-refractivity contribution in [2.24, 2.45) is 0 Å². The third-order valence-corrected chi connectivity index (χ3v) is 2.92. The van der Waals surface area contributed by atoms with Gasteiger partial charge in [0.2, 0.25) is 0 Å². The second kappa shape index (κ2) is 5.61. The van der Waals surface area contributed by atoms with Gasteiger partial charge in [0.1, 0.15) is 5.82 Å². The molecule has 0 bridgehead atoms. The third-order valence-electron chi connectivity index (χ3n) is 2.92. The van der Waals surface area contributed by atoms with E-state index in [1.165, 1.54) is 18.2 Å². The molecule has 4 nitrogen and oxygen atoms in total. The topological polar surface area (TPSA) is 58.4 Å². The van der Waals surface area contributed by atoms with Crippen LogP contribution in [0.1, 0.15) is 10.4 Å². The molecule has 2 rings (SSSR count). The minimum absolute atomic E-state index is 0.125. The molecule has 3 N–H and O–H groups in total. The molecule has 1 amide bonds. The number of nitrogens with zero attached hydrogens (tertiary/aromatic N) is 1. The van der Waals surface area contributed by atoms with Gasteiger partial charge in [0.25, 0.3) is 5.91 Å². The summed E-state index contributed by atoms with van der Waals surface area (Å²) in [5.74, 6) is -1.03. The van der Waals surface area contributed by atoms with Crippen LogP contribution in [0.5, 0.6) is 0 Å². The molecule has 104 valence electrons. The standard InChI is InChI=1S/C15H16FN3O/c1-19(2)11-6-3-5-10(9-11)18-15(20)12-7-4-8-13(16)14(12)17/h3-9H,17H2,1-2H3,(H,18,20). The molecule has 0 atom stereocenters. The van der Waals surface area contributed by atoms with Crippen LogP contribution in [-0.2, 0) is 0 Å². The molecule has 0 saturated carbocycles. The quantitative estimate of drug-likeness (QED) is 0.845. The number of para-hydroxylation sites is 1. The number of anilines is 3. The highest BCUT2D eigenvalue weighted by Crippen LogP contribution is 2.20. The van der Waals surface area contributed by atoms with Gasteiger partial charge in [0, 0.05) is 25.5 Å². The summed E-state index contributed by atoms with van der Waals surface area (Å²) in [6.45, 7) is 0. The van der Waals surface area contributed by atoms with E-state index in [0.29, 0.717) is 5.69 Å². The fourth-order valence-electron chi connectivity index (χ4n) is 1.80. The van der Waals surface area contributed by atoms with Crippen LogP contribution in [0.3, 0.4) is 0 Å². The van der Waals surface area contributed by atoms with Crippen LogP contribution in [0.25, 0.3) is 0 Å². The molecule has 20 heavy (non-hydrogen) atoms. The van der Waals surface area contributed by atoms with Gasteiger partial charge in [-0.2, -0.15) is 0 Å². The second-order valence-electron chi connectivity index (χ2n) is 4.60. The number of halogens is 1. The predicted octanol–water partition coefficient (Wildman–Crippen LogP) is 2.73. The van der Waals surface area contributed by atoms with Gasteiger partial charge < -0.3 is 16.0 Å². The Morgan fingerprint density at radius 1 is 1.20 bits per heavy atom. The zero-order valence-corrected chi connectivity index (χ0v) is 11.4. The molecule has 0 aromatic heterocycles. The van der Waals surface area contributed by atoms with E-state index >= 15 is 0 Å². The van der Waals surface area contributed by atoms with Crippen LogP contribution < -0.4 is 16.0 Å². The summed E-state index contributed by atoms with van der Waals surface area (Å²) in [6, 6.07) is 11.5. The van der Waals surface area contributed by atoms with Crippen molar-refractivity contribution in [3.63, 3.8) is 0 Å². The van der Waals surface area contributed by atoms with Gasteiger partial charge in [-0.15, -0.1) is 0 Å². The molecule has 5 heteroatoms. The molecule has 0 radical (unpaired) electrons. The Labute approximate surface area is 117 Å². The first kappa shape index (κ1) is 13.9. The van der Waals surface area contributed by atoms with Crippen LogP contribution in [-0.4, -0.2) is 20.0 Å². The number of benzene rings is 2. The number of nitrogen functional groups attached to an aromatic ring is 1. The first-order chi connectivity index (χ1) is 9.49. The van der Waals surface area contributed by atoms with Crippen LogP contribution >= 0.6 is 0 Å². The van der Waals surface area contributed by atoms with Crippen LogP contribution in [0.15, 0.2) is 42.5 Å². The molecule has 0 spiro atoms. The number of nitrogens with two attached hydrogens (primary N) is 1. The summed E-state index contributed by atoms with van der Waals surface area (Å²) in [5, 5.41) is 2.71. The molecule has 0 aliphatic rings. The first-order valence-electron chi connectivity index (χ1n) is 6.12. The van der Waals surface area contributed by atoms with Crippen molar-refractivity contribution in [3.8, 4) is 0 Å². The van der Waals surface area contributed by atoms with Crippen LogP contribution in [0.4, 0.5) is 21.5 Å². The number of amides is 1. The average molecular weight is 273 g/mol. The molecule has 0 heterocycles. The fourth-order valence-corrected chi connectivity index (χ4v) is 1.80. The maximum absolute atomic E-state index is 13.3. The highest BCUT2D eigenvalue weighted by molar-refractivity contribution is 6.07. The Balaban J connectivity index is 2.24. The van der Waals surface area contributed by atoms with Gasteiger partial charge >= 0.3 is 0 Å². The summed E-state index contributed by atoms with van der Waals surface area (Å²) in [7, 11) is 3.82. The lowest BCUT2D eigenvalue weighted by Crippen LogP contribution is -2.15. The smallest absolute Gasteiger partial charge is 0.257 e. The Morgan fingerprint density at radius 2 is 1.90 bits per heavy atom. The summed E-state index contributed by atoms with van der Waals surface area (Å²) in [5.41, 5.74) is 7.14. The predicted molar refractivity (Wildman–Crippen MR) is 79.5 cm³/mol. The van der Waals surface area contributed by atoms with Crippen molar-refractivity contribution in [1.82, 2.24) is 0 Å². The normalized spacial score (nSPS) is 10.2. The fraction of sp³-hybridized carbons (Fsp3) is 0.133. The monoisotopic (exact) mass is 273 g/mol. The van der Waals surface area contributed by atoms with Crippen molar-refractivity contribution < 1.29 is 9.18 Å². The lowest BCUT2D eigenvalue weighted by atomic mass is 10.1. The molecular weight excluding hydrogens is 257 g/mol. The molecule has 2 aromatic carbocycles. The third kappa shape index (κ3) is 2.88. The number of nitrogens with one attached hydrogen (secondary N) is 1. The Bertz CT molecular complexity index is 641. The van der Waals surface area contributed by atoms with Gasteiger partial charge in [-0.05, 0) is 30.3 Å². The zero-order chi connectivity index (χ0) is 14.7. The first-order valence-corrected chi connectivity index (χ1v) is 6.12. The van der Waals surface area contributed by atoms with E-state index in [9.17, 15) is 9.18 Å². The van der Waals surface area contributed by atoms with Crippen LogP contribution in [0, 0.1) is 5.82 Å². The van der Waals surface area contributed by atoms with E-state index in [1.54, 1.807) is 6.07 Å². The summed E-state index contributed by atoms with van der Waals surface area (Å²) in [4.78, 5) is 14.0. The number of carbonyl (C=O) groups excluding carboxylic acids is 1. The van der Waals surface area contributed by atoms with Gasteiger partial charge in [0.15, 0.2) is 0 Å². The van der Waals surface area contributed by atoms with Crippen molar-refractivity contribution in [1.29, 1.82) is 0 Å². The highest BCUT2D eigenvalue weighted by atomic mass is 19.1. The lowest BCUT2D eigenvalue weighted by molar-refractivity contribution is 0.102. The summed E-state index contributed by atoms with van der Waals surface area (Å²) < 4.78 is 13.3. The van der Waals surface area contributed by atoms with Crippen molar-refractivity contribution in [3.05, 3.63) is 53.8 Å². The van der Waals surface area contributed by atoms with E-state index in [0.717, 1.165) is 5.69 Å². The van der Waals surface area contributed by atoms with Crippen molar-refractivity contribution in [2.45, 2.75) is 0 Å². The van der Waals surface area contributed by atoms with Gasteiger partial charge in [-0.25, -0.2) is 4.39 Å². The van der Waals surface area contributed by atoms with Crippen LogP contribution in [0.2, 0.25) is 0 Å². The number of carbonyl (C=O) groups is 1. The van der Waals surface area contributed by atoms with Crippen molar-refractivity contribution in [2.75, 3.05) is 30.0 Å². The molecular formula is C15H16FN3O. The van der Waals surface area contributed by atoms with E-state index in [1.807, 2.05) is 37.2 Å². The minimum atomic E-state index is -0.598. The lowest BCUT2D eigenvalue weighted by Gasteiger charge is -2.14. The number of hydrogen-bond donors (Lipinski definition) is 2. The molecule has 0 aliphatic carbocycles. The van der Waals surface area contributed by atoms with Gasteiger partial charge in [-0.1, -0.05) is 12.1 Å². The Hall–Kier alpha value is -2.56. The Kier molecular flexibility index (Phi) is 3.89. The Morgan fingerprint density at radius 3 is 2.60 bits per heavy atom. The molecule has 0 fully saturated rings. The van der Waals surface area contributed by atoms with Crippen molar-refractivity contribution >= 4 is 23.0 Å². The maximum atomic E-state index is 13.3. The van der Waals surface area contributed by atoms with Gasteiger partial charge in [-0.3, -0.25) is 4.79 Å². The summed E-state index contributed by atoms with van der Waals surface area (Å²) >= 11 is 0. The van der Waals surface area contributed by atoms with E-state index < -0.39 is 11.7 Å². The molecule has 0 aliphatic heterocycles. The highest BCUT2D eigenvalue weighted by Gasteiger charge is 2.12. The van der Waals surface area contributed by atoms with E-state index in [2.05, 4.69) is 5.32 Å². The minimum Gasteiger partial charge on any atom is -0.396 e. The number of rotatable bonds is 3.